The van der Waals surface area contributed by atoms with Gasteiger partial charge < -0.3 is 10.0 Å². The summed E-state index contributed by atoms with van der Waals surface area (Å²) in [6, 6.07) is 5.65. The van der Waals surface area contributed by atoms with Crippen LogP contribution in [0, 0.1) is 13.8 Å². The Hall–Kier alpha value is -1.84. The number of carbonyl (C=O) groups excluding carboxylic acids is 1. The molecule has 4 nitrogen and oxygen atoms in total. The minimum Gasteiger partial charge on any atom is -0.481 e. The Bertz CT molecular complexity index is 480. The molecule has 1 aromatic carbocycles. The Morgan fingerprint density at radius 2 is 1.89 bits per heavy atom. The van der Waals surface area contributed by atoms with Gasteiger partial charge in [0.15, 0.2) is 0 Å². The molecular weight excluding hydrogens is 242 g/mol. The highest BCUT2D eigenvalue weighted by Gasteiger charge is 2.20. The Morgan fingerprint density at radius 1 is 1.26 bits per heavy atom. The van der Waals surface area contributed by atoms with E-state index in [0.717, 1.165) is 11.1 Å². The first-order valence-electron chi connectivity index (χ1n) is 6.43. The van der Waals surface area contributed by atoms with E-state index in [4.69, 9.17) is 5.11 Å². The summed E-state index contributed by atoms with van der Waals surface area (Å²) in [4.78, 5) is 24.7. The lowest BCUT2D eigenvalue weighted by Gasteiger charge is -2.27. The fourth-order valence-electron chi connectivity index (χ4n) is 2.02. The lowest BCUT2D eigenvalue weighted by atomic mass is 10.0. The molecule has 0 atom stereocenters. The molecule has 0 aromatic heterocycles. The molecule has 4 heteroatoms. The molecule has 0 saturated carbocycles. The van der Waals surface area contributed by atoms with Crippen molar-refractivity contribution in [2.75, 3.05) is 6.54 Å². The molecule has 0 aliphatic carbocycles. The van der Waals surface area contributed by atoms with E-state index < -0.39 is 5.97 Å². The second kappa shape index (κ2) is 6.36. The van der Waals surface area contributed by atoms with Gasteiger partial charge in [0.2, 0.25) is 0 Å². The van der Waals surface area contributed by atoms with Crippen LogP contribution < -0.4 is 0 Å². The zero-order valence-corrected chi connectivity index (χ0v) is 11.9. The van der Waals surface area contributed by atoms with E-state index in [2.05, 4.69) is 0 Å². The van der Waals surface area contributed by atoms with E-state index in [1.54, 1.807) is 4.90 Å². The first kappa shape index (κ1) is 15.2. The van der Waals surface area contributed by atoms with Crippen LogP contribution in [0.1, 0.15) is 41.8 Å². The summed E-state index contributed by atoms with van der Waals surface area (Å²) in [6.45, 7) is 7.90. The Kier molecular flexibility index (Phi) is 5.10. The topological polar surface area (TPSA) is 57.6 Å². The minimum atomic E-state index is -0.890. The molecule has 0 fully saturated rings. The first-order chi connectivity index (χ1) is 8.82. The van der Waals surface area contributed by atoms with E-state index in [-0.39, 0.29) is 24.9 Å². The molecule has 0 aliphatic rings. The molecule has 0 saturated heterocycles. The maximum Gasteiger partial charge on any atom is 0.305 e. The minimum absolute atomic E-state index is 0.0208. The van der Waals surface area contributed by atoms with Crippen LogP contribution in [0.5, 0.6) is 0 Å². The molecule has 19 heavy (non-hydrogen) atoms. The van der Waals surface area contributed by atoms with Gasteiger partial charge in [0.05, 0.1) is 6.42 Å². The molecule has 1 aromatic rings. The molecule has 1 rings (SSSR count). The summed E-state index contributed by atoms with van der Waals surface area (Å²) in [6.07, 6.45) is -0.0329. The second-order valence-electron chi connectivity index (χ2n) is 5.05. The third-order valence-corrected chi connectivity index (χ3v) is 3.06. The van der Waals surface area contributed by atoms with Gasteiger partial charge in [-0.15, -0.1) is 0 Å². The Labute approximate surface area is 114 Å². The highest BCUT2D eigenvalue weighted by Crippen LogP contribution is 2.15. The third-order valence-electron chi connectivity index (χ3n) is 3.06. The second-order valence-corrected chi connectivity index (χ2v) is 5.05. The van der Waals surface area contributed by atoms with E-state index in [1.807, 2.05) is 45.9 Å². The maximum atomic E-state index is 12.5. The number of aliphatic carboxylic acids is 1. The maximum absolute atomic E-state index is 12.5. The molecule has 0 spiro atoms. The van der Waals surface area contributed by atoms with Crippen molar-refractivity contribution in [3.05, 3.63) is 34.9 Å². The van der Waals surface area contributed by atoms with Crippen molar-refractivity contribution >= 4 is 11.9 Å². The molecule has 0 radical (unpaired) electrons. The van der Waals surface area contributed by atoms with Crippen molar-refractivity contribution in [1.82, 2.24) is 4.90 Å². The lowest BCUT2D eigenvalue weighted by Crippen LogP contribution is -2.38. The molecule has 0 aliphatic heterocycles. The highest BCUT2D eigenvalue weighted by molar-refractivity contribution is 5.96. The van der Waals surface area contributed by atoms with Gasteiger partial charge in [-0.2, -0.15) is 0 Å². The average molecular weight is 263 g/mol. The van der Waals surface area contributed by atoms with E-state index in [9.17, 15) is 9.59 Å². The van der Waals surface area contributed by atoms with Crippen LogP contribution >= 0.6 is 0 Å². The smallest absolute Gasteiger partial charge is 0.305 e. The summed E-state index contributed by atoms with van der Waals surface area (Å²) in [5.41, 5.74) is 2.67. The van der Waals surface area contributed by atoms with Gasteiger partial charge in [0.25, 0.3) is 5.91 Å². The number of carboxylic acids is 1. The molecule has 0 unspecified atom stereocenters. The van der Waals surface area contributed by atoms with Crippen molar-refractivity contribution in [2.45, 2.75) is 40.2 Å². The zero-order valence-electron chi connectivity index (χ0n) is 11.9. The number of rotatable bonds is 5. The fraction of sp³-hybridized carbons (Fsp3) is 0.467. The molecule has 1 amide bonds. The summed E-state index contributed by atoms with van der Waals surface area (Å²) in [5, 5.41) is 8.75. The highest BCUT2D eigenvalue weighted by atomic mass is 16.4. The Morgan fingerprint density at radius 3 is 2.37 bits per heavy atom. The van der Waals surface area contributed by atoms with Crippen molar-refractivity contribution in [2.24, 2.45) is 0 Å². The summed E-state index contributed by atoms with van der Waals surface area (Å²) >= 11 is 0. The van der Waals surface area contributed by atoms with Gasteiger partial charge in [0, 0.05) is 18.2 Å². The number of carbonyl (C=O) groups is 2. The van der Waals surface area contributed by atoms with Gasteiger partial charge >= 0.3 is 5.97 Å². The molecular formula is C15H21NO3. The first-order valence-corrected chi connectivity index (χ1v) is 6.43. The van der Waals surface area contributed by atoms with Crippen LogP contribution in [-0.2, 0) is 4.79 Å². The van der Waals surface area contributed by atoms with E-state index in [1.165, 1.54) is 0 Å². The SMILES string of the molecule is Cc1ccc(C(=O)N(CCC(=O)O)C(C)C)c(C)c1. The molecule has 0 bridgehead atoms. The molecule has 1 N–H and O–H groups in total. The summed E-state index contributed by atoms with van der Waals surface area (Å²) in [5.74, 6) is -0.993. The number of hydrogen-bond donors (Lipinski definition) is 1. The standard InChI is InChI=1S/C15H21NO3/c1-10(2)16(8-7-14(17)18)15(19)13-6-5-11(3)9-12(13)4/h5-6,9-10H,7-8H2,1-4H3,(H,17,18). The van der Waals surface area contributed by atoms with Crippen LogP contribution in [0.2, 0.25) is 0 Å². The summed E-state index contributed by atoms with van der Waals surface area (Å²) < 4.78 is 0. The molecule has 0 heterocycles. The normalized spacial score (nSPS) is 10.6. The summed E-state index contributed by atoms with van der Waals surface area (Å²) in [7, 11) is 0. The predicted octanol–water partition coefficient (Wildman–Crippen LogP) is 2.63. The number of benzene rings is 1. The van der Waals surface area contributed by atoms with E-state index >= 15 is 0 Å². The third kappa shape index (κ3) is 4.09. The van der Waals surface area contributed by atoms with Crippen LogP contribution in [0.15, 0.2) is 18.2 Å². The van der Waals surface area contributed by atoms with Crippen molar-refractivity contribution < 1.29 is 14.7 Å². The predicted molar refractivity (Wildman–Crippen MR) is 74.3 cm³/mol. The number of carboxylic acid groups (broad SMARTS) is 1. The van der Waals surface area contributed by atoms with Crippen molar-refractivity contribution in [1.29, 1.82) is 0 Å². The number of amides is 1. The van der Waals surface area contributed by atoms with Crippen molar-refractivity contribution in [3.63, 3.8) is 0 Å². The average Bonchev–Trinajstić information content (AvgIpc) is 2.27. The fourth-order valence-corrected chi connectivity index (χ4v) is 2.02. The van der Waals surface area contributed by atoms with E-state index in [0.29, 0.717) is 5.56 Å². The van der Waals surface area contributed by atoms with Gasteiger partial charge in [-0.1, -0.05) is 17.7 Å². The molecule has 104 valence electrons. The Balaban J connectivity index is 2.95. The largest absolute Gasteiger partial charge is 0.481 e. The number of nitrogens with zero attached hydrogens (tertiary/aromatic N) is 1. The van der Waals surface area contributed by atoms with Gasteiger partial charge in [-0.05, 0) is 39.3 Å². The number of hydrogen-bond acceptors (Lipinski definition) is 2. The van der Waals surface area contributed by atoms with Crippen LogP contribution in [-0.4, -0.2) is 34.5 Å². The van der Waals surface area contributed by atoms with Gasteiger partial charge in [-0.3, -0.25) is 9.59 Å². The van der Waals surface area contributed by atoms with Gasteiger partial charge in [0.1, 0.15) is 0 Å². The van der Waals surface area contributed by atoms with Crippen molar-refractivity contribution in [3.8, 4) is 0 Å². The van der Waals surface area contributed by atoms with Crippen LogP contribution in [0.3, 0.4) is 0 Å². The monoisotopic (exact) mass is 263 g/mol. The zero-order chi connectivity index (χ0) is 14.6. The van der Waals surface area contributed by atoms with Crippen LogP contribution in [0.25, 0.3) is 0 Å². The lowest BCUT2D eigenvalue weighted by molar-refractivity contribution is -0.137. The van der Waals surface area contributed by atoms with Gasteiger partial charge in [-0.25, -0.2) is 0 Å². The van der Waals surface area contributed by atoms with Crippen LogP contribution in [0.4, 0.5) is 0 Å². The quantitative estimate of drug-likeness (QED) is 0.888. The number of aryl methyl sites for hydroxylation is 2.